The van der Waals surface area contributed by atoms with Crippen LogP contribution in [0.1, 0.15) is 25.8 Å². The minimum absolute atomic E-state index is 0.0200. The van der Waals surface area contributed by atoms with E-state index in [2.05, 4.69) is 15.8 Å². The van der Waals surface area contributed by atoms with Crippen LogP contribution in [-0.2, 0) is 4.79 Å². The predicted octanol–water partition coefficient (Wildman–Crippen LogP) is 1.36. The van der Waals surface area contributed by atoms with Gasteiger partial charge in [0.1, 0.15) is 5.75 Å². The molecule has 1 amide bonds. The van der Waals surface area contributed by atoms with Gasteiger partial charge in [0.2, 0.25) is 0 Å². The first-order valence-electron chi connectivity index (χ1n) is 6.93. The average Bonchev–Trinajstić information content (AvgIpc) is 2.91. The monoisotopic (exact) mass is 286 g/mol. The van der Waals surface area contributed by atoms with E-state index in [1.165, 1.54) is 0 Å². The summed E-state index contributed by atoms with van der Waals surface area (Å²) in [6, 6.07) is 7.54. The third-order valence-electron chi connectivity index (χ3n) is 3.76. The normalized spacial score (nSPS) is 20.7. The largest absolute Gasteiger partial charge is 0.496 e. The fourth-order valence-corrected chi connectivity index (χ4v) is 2.70. The molecule has 21 heavy (non-hydrogen) atoms. The first kappa shape index (κ1) is 13.5. The highest BCUT2D eigenvalue weighted by Gasteiger charge is 2.39. The lowest BCUT2D eigenvalue weighted by atomic mass is 10.1. The van der Waals surface area contributed by atoms with Crippen molar-refractivity contribution in [3.8, 4) is 5.75 Å². The van der Waals surface area contributed by atoms with Gasteiger partial charge in [-0.15, -0.1) is 0 Å². The van der Waals surface area contributed by atoms with E-state index in [1.54, 1.807) is 12.0 Å². The Bertz CT molecular complexity index is 651. The molecule has 110 valence electrons. The van der Waals surface area contributed by atoms with Crippen molar-refractivity contribution < 1.29 is 9.53 Å². The maximum atomic E-state index is 12.7. The number of hydrazone groups is 1. The van der Waals surface area contributed by atoms with E-state index in [1.807, 2.05) is 38.1 Å². The van der Waals surface area contributed by atoms with E-state index in [-0.39, 0.29) is 12.2 Å². The zero-order valence-corrected chi connectivity index (χ0v) is 12.3. The number of hydrogen-bond acceptors (Lipinski definition) is 5. The first-order chi connectivity index (χ1) is 10.2. The van der Waals surface area contributed by atoms with Crippen molar-refractivity contribution in [1.29, 1.82) is 0 Å². The van der Waals surface area contributed by atoms with E-state index in [4.69, 9.17) is 4.74 Å². The second kappa shape index (κ2) is 5.12. The fraction of sp³-hybridized carbons (Fsp3) is 0.333. The number of carbonyl (C=O) groups is 1. The zero-order valence-electron chi connectivity index (χ0n) is 12.3. The Kier molecular flexibility index (Phi) is 3.29. The molecule has 3 rings (SSSR count). The maximum absolute atomic E-state index is 12.7. The summed E-state index contributed by atoms with van der Waals surface area (Å²) in [6.45, 7) is 3.89. The van der Waals surface area contributed by atoms with E-state index in [0.717, 1.165) is 16.8 Å². The van der Waals surface area contributed by atoms with Crippen molar-refractivity contribution in [2.75, 3.05) is 7.11 Å². The summed E-state index contributed by atoms with van der Waals surface area (Å²) in [7, 11) is 1.61. The van der Waals surface area contributed by atoms with Crippen LogP contribution >= 0.6 is 0 Å². The van der Waals surface area contributed by atoms with Crippen molar-refractivity contribution in [1.82, 2.24) is 15.6 Å². The van der Waals surface area contributed by atoms with Crippen LogP contribution in [0.5, 0.6) is 5.75 Å². The topological polar surface area (TPSA) is 66.0 Å². The molecule has 0 spiro atoms. The summed E-state index contributed by atoms with van der Waals surface area (Å²) in [5.41, 5.74) is 5.42. The molecule has 1 atom stereocenters. The van der Waals surface area contributed by atoms with Crippen molar-refractivity contribution in [3.05, 3.63) is 41.1 Å². The number of fused-ring (bicyclic) bond motifs is 1. The quantitative estimate of drug-likeness (QED) is 0.880. The Morgan fingerprint density at radius 1 is 1.38 bits per heavy atom. The smallest absolute Gasteiger partial charge is 0.260 e. The molecule has 2 N–H and O–H groups in total. The minimum Gasteiger partial charge on any atom is -0.496 e. The number of benzene rings is 1. The number of rotatable bonds is 3. The van der Waals surface area contributed by atoms with Crippen LogP contribution in [0.3, 0.4) is 0 Å². The Hall–Kier alpha value is -2.50. The highest BCUT2D eigenvalue weighted by Crippen LogP contribution is 2.27. The maximum Gasteiger partial charge on any atom is 0.260 e. The molecule has 0 saturated carbocycles. The number of hydrogen-bond donors (Lipinski definition) is 2. The molecule has 0 aromatic heterocycles. The van der Waals surface area contributed by atoms with Crippen molar-refractivity contribution in [2.45, 2.75) is 26.6 Å². The predicted molar refractivity (Wildman–Crippen MR) is 79.4 cm³/mol. The van der Waals surface area contributed by atoms with Crippen molar-refractivity contribution in [3.63, 3.8) is 0 Å². The van der Waals surface area contributed by atoms with Gasteiger partial charge in [0.25, 0.3) is 5.91 Å². The first-order valence-corrected chi connectivity index (χ1v) is 6.93. The van der Waals surface area contributed by atoms with Gasteiger partial charge in [-0.05, 0) is 25.5 Å². The highest BCUT2D eigenvalue weighted by atomic mass is 16.5. The molecule has 1 aromatic carbocycles. The van der Waals surface area contributed by atoms with Gasteiger partial charge in [-0.25, -0.2) is 4.90 Å². The van der Waals surface area contributed by atoms with E-state index in [0.29, 0.717) is 18.0 Å². The summed E-state index contributed by atoms with van der Waals surface area (Å²) >= 11 is 0. The third kappa shape index (κ3) is 2.03. The Morgan fingerprint density at radius 2 is 2.14 bits per heavy atom. The van der Waals surface area contributed by atoms with Gasteiger partial charge < -0.3 is 10.1 Å². The summed E-state index contributed by atoms with van der Waals surface area (Å²) in [6.07, 6.45) is 0.341. The molecule has 1 aromatic rings. The van der Waals surface area contributed by atoms with Gasteiger partial charge in [-0.3, -0.25) is 10.2 Å². The summed E-state index contributed by atoms with van der Waals surface area (Å²) in [4.78, 5) is 14.3. The van der Waals surface area contributed by atoms with Crippen LogP contribution in [0.2, 0.25) is 0 Å². The fourth-order valence-electron chi connectivity index (χ4n) is 2.70. The Balaban J connectivity index is 2.02. The summed E-state index contributed by atoms with van der Waals surface area (Å²) < 4.78 is 5.37. The van der Waals surface area contributed by atoms with Gasteiger partial charge >= 0.3 is 0 Å². The second-order valence-corrected chi connectivity index (χ2v) is 4.94. The number of nitrogens with one attached hydrogen (secondary N) is 2. The lowest BCUT2D eigenvalue weighted by molar-refractivity contribution is -0.126. The molecule has 1 unspecified atom stereocenters. The number of amides is 1. The lowest BCUT2D eigenvalue weighted by Gasteiger charge is -2.33. The highest BCUT2D eigenvalue weighted by molar-refractivity contribution is 6.15. The van der Waals surface area contributed by atoms with Crippen LogP contribution in [0.15, 0.2) is 40.6 Å². The van der Waals surface area contributed by atoms with Gasteiger partial charge in [0, 0.05) is 11.3 Å². The minimum atomic E-state index is -0.340. The molecule has 2 heterocycles. The number of carbonyl (C=O) groups excluding carboxylic acids is 1. The number of amidine groups is 1. The molecule has 6 nitrogen and oxygen atoms in total. The number of ether oxygens (including phenoxy) is 1. The number of allylic oxidation sites excluding steroid dienone is 1. The molecule has 2 aliphatic heterocycles. The Labute approximate surface area is 123 Å². The molecule has 6 heteroatoms. The van der Waals surface area contributed by atoms with Gasteiger partial charge in [0.15, 0.2) is 12.1 Å². The summed E-state index contributed by atoms with van der Waals surface area (Å²) in [5.74, 6) is 1.25. The standard InChI is InChI=1S/C15H18N4O2/c1-4-10-9(2)16-15-18-17-13(19(15)14(10)20)11-7-5-6-8-12(11)21-3/h5-8,15-16,18H,4H2,1-3H3. The van der Waals surface area contributed by atoms with Crippen LogP contribution in [0.25, 0.3) is 0 Å². The summed E-state index contributed by atoms with van der Waals surface area (Å²) in [5, 5.41) is 7.58. The lowest BCUT2D eigenvalue weighted by Crippen LogP contribution is -2.56. The van der Waals surface area contributed by atoms with E-state index >= 15 is 0 Å². The molecule has 0 saturated heterocycles. The van der Waals surface area contributed by atoms with Crippen LogP contribution < -0.4 is 15.5 Å². The molecule has 0 fully saturated rings. The zero-order chi connectivity index (χ0) is 15.0. The molecule has 0 bridgehead atoms. The van der Waals surface area contributed by atoms with Crippen LogP contribution in [0.4, 0.5) is 0 Å². The van der Waals surface area contributed by atoms with E-state index < -0.39 is 0 Å². The molecule has 0 radical (unpaired) electrons. The SMILES string of the molecule is CCC1=C(C)NC2NN=C(c3ccccc3OC)N2C1=O. The molecular weight excluding hydrogens is 268 g/mol. The van der Waals surface area contributed by atoms with Gasteiger partial charge in [-0.2, -0.15) is 5.10 Å². The van der Waals surface area contributed by atoms with Crippen LogP contribution in [0, 0.1) is 0 Å². The second-order valence-electron chi connectivity index (χ2n) is 4.94. The van der Waals surface area contributed by atoms with Gasteiger partial charge in [0.05, 0.1) is 12.7 Å². The molecule has 2 aliphatic rings. The number of nitrogens with zero attached hydrogens (tertiary/aromatic N) is 2. The van der Waals surface area contributed by atoms with Crippen molar-refractivity contribution in [2.24, 2.45) is 5.10 Å². The van der Waals surface area contributed by atoms with Crippen LogP contribution in [-0.4, -0.2) is 30.0 Å². The number of para-hydroxylation sites is 1. The molecule has 0 aliphatic carbocycles. The Morgan fingerprint density at radius 3 is 2.86 bits per heavy atom. The van der Waals surface area contributed by atoms with Gasteiger partial charge in [-0.1, -0.05) is 19.1 Å². The third-order valence-corrected chi connectivity index (χ3v) is 3.76. The van der Waals surface area contributed by atoms with Crippen molar-refractivity contribution >= 4 is 11.7 Å². The van der Waals surface area contributed by atoms with E-state index in [9.17, 15) is 4.79 Å². The number of methoxy groups -OCH3 is 1. The molecular formula is C15H18N4O2. The average molecular weight is 286 g/mol.